The lowest BCUT2D eigenvalue weighted by molar-refractivity contribution is 0.0915. The number of carbonyl (C=O) groups excluding carboxylic acids is 1. The van der Waals surface area contributed by atoms with E-state index < -0.39 is 0 Å². The highest BCUT2D eigenvalue weighted by Gasteiger charge is 2.22. The molecule has 1 aromatic heterocycles. The molecule has 0 saturated heterocycles. The predicted octanol–water partition coefficient (Wildman–Crippen LogP) is 1.85. The molecule has 20 heavy (non-hydrogen) atoms. The van der Waals surface area contributed by atoms with Crippen LogP contribution in [0, 0.1) is 5.92 Å². The normalized spacial score (nSPS) is 22.3. The third kappa shape index (κ3) is 3.90. The van der Waals surface area contributed by atoms with E-state index in [-0.39, 0.29) is 11.9 Å². The molecule has 4 N–H and O–H groups in total. The first kappa shape index (κ1) is 14.7. The van der Waals surface area contributed by atoms with Crippen molar-refractivity contribution in [2.75, 3.05) is 5.43 Å². The van der Waals surface area contributed by atoms with Gasteiger partial charge in [-0.3, -0.25) is 4.79 Å². The summed E-state index contributed by atoms with van der Waals surface area (Å²) in [7, 11) is 0. The quantitative estimate of drug-likeness (QED) is 0.564. The fourth-order valence-corrected chi connectivity index (χ4v) is 2.78. The number of nitrogens with one attached hydrogen (secondary N) is 2. The van der Waals surface area contributed by atoms with Crippen LogP contribution < -0.4 is 16.6 Å². The van der Waals surface area contributed by atoms with Gasteiger partial charge in [0.2, 0.25) is 0 Å². The van der Waals surface area contributed by atoms with Crippen molar-refractivity contribution >= 4 is 11.7 Å². The largest absolute Gasteiger partial charge is 0.348 e. The van der Waals surface area contributed by atoms with Crippen molar-refractivity contribution in [1.82, 2.24) is 15.3 Å². The monoisotopic (exact) mass is 277 g/mol. The summed E-state index contributed by atoms with van der Waals surface area (Å²) in [4.78, 5) is 20.1. The number of anilines is 1. The molecule has 0 aromatic carbocycles. The highest BCUT2D eigenvalue weighted by molar-refractivity contribution is 5.92. The van der Waals surface area contributed by atoms with Gasteiger partial charge in [-0.05, 0) is 31.6 Å². The summed E-state index contributed by atoms with van der Waals surface area (Å²) in [5.41, 5.74) is 2.72. The zero-order chi connectivity index (χ0) is 14.4. The first-order valence-corrected chi connectivity index (χ1v) is 7.32. The smallest absolute Gasteiger partial charge is 0.271 e. The molecule has 6 nitrogen and oxygen atoms in total. The van der Waals surface area contributed by atoms with Gasteiger partial charge in [0.05, 0.1) is 12.4 Å². The van der Waals surface area contributed by atoms with Crippen molar-refractivity contribution in [2.45, 2.75) is 51.5 Å². The number of nitrogen functional groups attached to an aromatic ring is 1. The summed E-state index contributed by atoms with van der Waals surface area (Å²) >= 11 is 0. The second-order valence-electron chi connectivity index (χ2n) is 5.41. The molecule has 0 atom stereocenters. The van der Waals surface area contributed by atoms with Gasteiger partial charge in [0.1, 0.15) is 5.69 Å². The van der Waals surface area contributed by atoms with Crippen LogP contribution in [0.5, 0.6) is 0 Å². The average molecular weight is 277 g/mol. The highest BCUT2D eigenvalue weighted by Crippen LogP contribution is 2.27. The molecule has 1 fully saturated rings. The van der Waals surface area contributed by atoms with Crippen LogP contribution in [0.4, 0.5) is 5.82 Å². The van der Waals surface area contributed by atoms with Crippen LogP contribution in [0.1, 0.15) is 55.9 Å². The second-order valence-corrected chi connectivity index (χ2v) is 5.41. The number of hydrazine groups is 1. The minimum Gasteiger partial charge on any atom is -0.348 e. The predicted molar refractivity (Wildman–Crippen MR) is 78.0 cm³/mol. The minimum absolute atomic E-state index is 0.153. The number of hydrogen-bond acceptors (Lipinski definition) is 5. The van der Waals surface area contributed by atoms with E-state index in [1.807, 2.05) is 0 Å². The van der Waals surface area contributed by atoms with Gasteiger partial charge < -0.3 is 10.7 Å². The molecule has 1 amide bonds. The maximum atomic E-state index is 12.1. The Balaban J connectivity index is 1.82. The summed E-state index contributed by atoms with van der Waals surface area (Å²) < 4.78 is 0. The summed E-state index contributed by atoms with van der Waals surface area (Å²) in [6, 6.07) is 0.268. The lowest BCUT2D eigenvalue weighted by Gasteiger charge is -2.28. The van der Waals surface area contributed by atoms with Crippen molar-refractivity contribution in [1.29, 1.82) is 0 Å². The number of carbonyl (C=O) groups is 1. The van der Waals surface area contributed by atoms with Gasteiger partial charge in [-0.1, -0.05) is 19.8 Å². The second kappa shape index (κ2) is 7.19. The van der Waals surface area contributed by atoms with Crippen molar-refractivity contribution in [3.05, 3.63) is 18.1 Å². The molecule has 0 spiro atoms. The average Bonchev–Trinajstić information content (AvgIpc) is 2.49. The Kier molecular flexibility index (Phi) is 5.29. The van der Waals surface area contributed by atoms with Crippen molar-refractivity contribution in [3.63, 3.8) is 0 Å². The SMILES string of the molecule is CCCC1CCC(NC(=O)c2cnc(NN)cn2)CC1. The van der Waals surface area contributed by atoms with Crippen molar-refractivity contribution in [2.24, 2.45) is 11.8 Å². The van der Waals surface area contributed by atoms with Gasteiger partial charge in [-0.2, -0.15) is 0 Å². The number of nitrogens with two attached hydrogens (primary N) is 1. The molecule has 0 radical (unpaired) electrons. The van der Waals surface area contributed by atoms with Gasteiger partial charge in [0, 0.05) is 6.04 Å². The van der Waals surface area contributed by atoms with E-state index in [1.54, 1.807) is 0 Å². The van der Waals surface area contributed by atoms with Crippen LogP contribution in [0.25, 0.3) is 0 Å². The maximum absolute atomic E-state index is 12.1. The van der Waals surface area contributed by atoms with Gasteiger partial charge in [-0.15, -0.1) is 0 Å². The van der Waals surface area contributed by atoms with E-state index in [0.29, 0.717) is 11.5 Å². The molecule has 0 bridgehead atoms. The fourth-order valence-electron chi connectivity index (χ4n) is 2.78. The zero-order valence-corrected chi connectivity index (χ0v) is 11.9. The highest BCUT2D eigenvalue weighted by atomic mass is 16.1. The molecular weight excluding hydrogens is 254 g/mol. The standard InChI is InChI=1S/C14H23N5O/c1-2-3-10-4-6-11(7-5-10)18-14(20)12-8-17-13(19-15)9-16-12/h8-11H,2-7,15H2,1H3,(H,17,19)(H,18,20). The Morgan fingerprint density at radius 1 is 1.30 bits per heavy atom. The number of nitrogens with zero attached hydrogens (tertiary/aromatic N) is 2. The Morgan fingerprint density at radius 3 is 2.60 bits per heavy atom. The number of hydrogen-bond donors (Lipinski definition) is 3. The molecular formula is C14H23N5O. The number of aromatic nitrogens is 2. The molecule has 1 aliphatic rings. The van der Waals surface area contributed by atoms with E-state index in [1.165, 1.54) is 38.1 Å². The Labute approximate surface area is 119 Å². The van der Waals surface area contributed by atoms with E-state index in [4.69, 9.17) is 5.84 Å². The summed E-state index contributed by atoms with van der Waals surface area (Å²) in [5.74, 6) is 6.34. The van der Waals surface area contributed by atoms with Crippen LogP contribution in [-0.4, -0.2) is 21.9 Å². The summed E-state index contributed by atoms with van der Waals surface area (Å²) in [6.07, 6.45) is 9.98. The van der Waals surface area contributed by atoms with E-state index in [9.17, 15) is 4.79 Å². The van der Waals surface area contributed by atoms with Crippen LogP contribution >= 0.6 is 0 Å². The molecule has 0 aliphatic heterocycles. The van der Waals surface area contributed by atoms with E-state index in [2.05, 4.69) is 27.6 Å². The molecule has 6 heteroatoms. The summed E-state index contributed by atoms with van der Waals surface area (Å²) in [5, 5.41) is 3.04. The van der Waals surface area contributed by atoms with Crippen LogP contribution in [0.2, 0.25) is 0 Å². The first-order chi connectivity index (χ1) is 9.72. The van der Waals surface area contributed by atoms with Gasteiger partial charge >= 0.3 is 0 Å². The van der Waals surface area contributed by atoms with Crippen molar-refractivity contribution < 1.29 is 4.79 Å². The molecule has 1 saturated carbocycles. The molecule has 1 aliphatic carbocycles. The van der Waals surface area contributed by atoms with E-state index in [0.717, 1.165) is 18.8 Å². The zero-order valence-electron chi connectivity index (χ0n) is 11.9. The van der Waals surface area contributed by atoms with Crippen LogP contribution in [0.3, 0.4) is 0 Å². The lowest BCUT2D eigenvalue weighted by Crippen LogP contribution is -2.38. The Morgan fingerprint density at radius 2 is 2.05 bits per heavy atom. The van der Waals surface area contributed by atoms with E-state index >= 15 is 0 Å². The Hall–Kier alpha value is -1.69. The van der Waals surface area contributed by atoms with Gasteiger partial charge in [-0.25, -0.2) is 15.8 Å². The van der Waals surface area contributed by atoms with Crippen molar-refractivity contribution in [3.8, 4) is 0 Å². The number of rotatable bonds is 5. The summed E-state index contributed by atoms with van der Waals surface area (Å²) in [6.45, 7) is 2.23. The van der Waals surface area contributed by atoms with Crippen LogP contribution in [0.15, 0.2) is 12.4 Å². The number of amides is 1. The molecule has 2 rings (SSSR count). The first-order valence-electron chi connectivity index (χ1n) is 7.32. The maximum Gasteiger partial charge on any atom is 0.271 e. The molecule has 110 valence electrons. The van der Waals surface area contributed by atoms with Gasteiger partial charge in [0.25, 0.3) is 5.91 Å². The molecule has 1 aromatic rings. The Bertz CT molecular complexity index is 426. The third-order valence-electron chi connectivity index (χ3n) is 3.91. The fraction of sp³-hybridized carbons (Fsp3) is 0.643. The molecule has 0 unspecified atom stereocenters. The minimum atomic E-state index is -0.153. The molecule has 1 heterocycles. The van der Waals surface area contributed by atoms with Gasteiger partial charge in [0.15, 0.2) is 5.82 Å². The third-order valence-corrected chi connectivity index (χ3v) is 3.91. The van der Waals surface area contributed by atoms with Crippen LogP contribution in [-0.2, 0) is 0 Å². The topological polar surface area (TPSA) is 92.9 Å². The lowest BCUT2D eigenvalue weighted by atomic mass is 9.83.